The van der Waals surface area contributed by atoms with Gasteiger partial charge in [0.2, 0.25) is 0 Å². The van der Waals surface area contributed by atoms with Crippen molar-refractivity contribution in [3.8, 4) is 0 Å². The Bertz CT molecular complexity index is 237. The van der Waals surface area contributed by atoms with E-state index in [2.05, 4.69) is 4.98 Å². The average molecular weight is 152 g/mol. The Morgan fingerprint density at radius 2 is 2.30 bits per heavy atom. The van der Waals surface area contributed by atoms with Crippen LogP contribution in [-0.2, 0) is 0 Å². The SMILES string of the molecule is C[B]c1cc(C)cnc1Cl. The first kappa shape index (κ1) is 7.61. The van der Waals surface area contributed by atoms with Crippen molar-refractivity contribution >= 4 is 24.3 Å². The van der Waals surface area contributed by atoms with Crippen LogP contribution >= 0.6 is 11.6 Å². The number of aromatic nitrogens is 1. The summed E-state index contributed by atoms with van der Waals surface area (Å²) in [5.74, 6) is 0. The summed E-state index contributed by atoms with van der Waals surface area (Å²) >= 11 is 5.75. The van der Waals surface area contributed by atoms with Crippen LogP contribution in [0.2, 0.25) is 12.0 Å². The van der Waals surface area contributed by atoms with Gasteiger partial charge >= 0.3 is 0 Å². The van der Waals surface area contributed by atoms with Gasteiger partial charge in [0.15, 0.2) is 7.28 Å². The van der Waals surface area contributed by atoms with Gasteiger partial charge in [-0.2, -0.15) is 0 Å². The van der Waals surface area contributed by atoms with Gasteiger partial charge in [-0.15, -0.1) is 0 Å². The summed E-state index contributed by atoms with van der Waals surface area (Å²) in [6.45, 7) is 3.94. The lowest BCUT2D eigenvalue weighted by atomic mass is 9.74. The quantitative estimate of drug-likeness (QED) is 0.438. The Balaban J connectivity index is 3.09. The molecule has 1 rings (SSSR count). The molecule has 1 aromatic heterocycles. The van der Waals surface area contributed by atoms with Gasteiger partial charge in [0.05, 0.1) is 0 Å². The molecular formula is C7H8BClN. The van der Waals surface area contributed by atoms with E-state index >= 15 is 0 Å². The van der Waals surface area contributed by atoms with Crippen LogP contribution in [0, 0.1) is 6.92 Å². The van der Waals surface area contributed by atoms with E-state index in [-0.39, 0.29) is 0 Å². The van der Waals surface area contributed by atoms with E-state index in [0.717, 1.165) is 11.0 Å². The zero-order valence-electron chi connectivity index (χ0n) is 6.06. The van der Waals surface area contributed by atoms with Crippen LogP contribution < -0.4 is 5.46 Å². The van der Waals surface area contributed by atoms with Crippen molar-refractivity contribution in [2.75, 3.05) is 0 Å². The largest absolute Gasteiger partial charge is 0.245 e. The molecule has 10 heavy (non-hydrogen) atoms. The zero-order valence-corrected chi connectivity index (χ0v) is 6.81. The Hall–Kier alpha value is -0.495. The van der Waals surface area contributed by atoms with Crippen molar-refractivity contribution in [2.45, 2.75) is 13.7 Å². The molecule has 0 aliphatic heterocycles. The third-order valence-corrected chi connectivity index (χ3v) is 1.63. The predicted octanol–water partition coefficient (Wildman–Crippen LogP) is 1.42. The number of rotatable bonds is 1. The van der Waals surface area contributed by atoms with Crippen LogP contribution in [0.1, 0.15) is 5.56 Å². The topological polar surface area (TPSA) is 12.9 Å². The number of nitrogens with zero attached hydrogens (tertiary/aromatic N) is 1. The summed E-state index contributed by atoms with van der Waals surface area (Å²) in [7, 11) is 1.95. The van der Waals surface area contributed by atoms with Gasteiger partial charge in [-0.3, -0.25) is 0 Å². The molecule has 0 spiro atoms. The van der Waals surface area contributed by atoms with Gasteiger partial charge in [0.1, 0.15) is 5.15 Å². The van der Waals surface area contributed by atoms with E-state index in [4.69, 9.17) is 11.6 Å². The smallest absolute Gasteiger partial charge is 0.152 e. The minimum atomic E-state index is 0.577. The first-order chi connectivity index (χ1) is 4.74. The lowest BCUT2D eigenvalue weighted by Gasteiger charge is -1.98. The molecule has 0 bridgehead atoms. The minimum absolute atomic E-state index is 0.577. The monoisotopic (exact) mass is 152 g/mol. The van der Waals surface area contributed by atoms with Crippen molar-refractivity contribution < 1.29 is 0 Å². The van der Waals surface area contributed by atoms with E-state index in [1.54, 1.807) is 6.20 Å². The molecule has 0 saturated carbocycles. The van der Waals surface area contributed by atoms with E-state index in [9.17, 15) is 0 Å². The number of hydrogen-bond donors (Lipinski definition) is 0. The van der Waals surface area contributed by atoms with Crippen molar-refractivity contribution in [3.63, 3.8) is 0 Å². The molecule has 0 aliphatic rings. The third-order valence-electron chi connectivity index (χ3n) is 1.31. The number of hydrogen-bond acceptors (Lipinski definition) is 1. The zero-order chi connectivity index (χ0) is 7.56. The van der Waals surface area contributed by atoms with E-state index in [0.29, 0.717) is 5.15 Å². The Kier molecular flexibility index (Phi) is 2.33. The molecule has 1 heterocycles. The number of halogens is 1. The molecule has 0 aliphatic carbocycles. The maximum atomic E-state index is 5.75. The maximum Gasteiger partial charge on any atom is 0.152 e. The fraction of sp³-hybridized carbons (Fsp3) is 0.286. The Labute approximate surface area is 66.7 Å². The van der Waals surface area contributed by atoms with Gasteiger partial charge in [0.25, 0.3) is 0 Å². The second-order valence-corrected chi connectivity index (χ2v) is 2.54. The standard InChI is InChI=1S/C7H8BClN/c1-5-3-6(8-2)7(9)10-4-5/h3-4H,1-2H3. The first-order valence-electron chi connectivity index (χ1n) is 3.15. The molecule has 0 atom stereocenters. The van der Waals surface area contributed by atoms with Crippen LogP contribution in [0.25, 0.3) is 0 Å². The van der Waals surface area contributed by atoms with Gasteiger partial charge < -0.3 is 0 Å². The van der Waals surface area contributed by atoms with E-state index in [1.165, 1.54) is 0 Å². The predicted molar refractivity (Wildman–Crippen MR) is 45.2 cm³/mol. The molecule has 0 saturated heterocycles. The fourth-order valence-electron chi connectivity index (χ4n) is 0.778. The van der Waals surface area contributed by atoms with E-state index in [1.807, 2.05) is 27.1 Å². The summed E-state index contributed by atoms with van der Waals surface area (Å²) in [4.78, 5) is 3.98. The summed E-state index contributed by atoms with van der Waals surface area (Å²) in [6.07, 6.45) is 1.76. The highest BCUT2D eigenvalue weighted by molar-refractivity contribution is 6.56. The molecule has 1 radical (unpaired) electrons. The average Bonchev–Trinajstić information content (AvgIpc) is 1.94. The first-order valence-corrected chi connectivity index (χ1v) is 3.53. The molecule has 1 aromatic rings. The number of pyridine rings is 1. The van der Waals surface area contributed by atoms with Crippen molar-refractivity contribution in [3.05, 3.63) is 23.0 Å². The van der Waals surface area contributed by atoms with Crippen molar-refractivity contribution in [1.29, 1.82) is 0 Å². The molecule has 3 heteroatoms. The minimum Gasteiger partial charge on any atom is -0.245 e. The van der Waals surface area contributed by atoms with Crippen LogP contribution in [0.4, 0.5) is 0 Å². The lowest BCUT2D eigenvalue weighted by Crippen LogP contribution is -2.13. The molecule has 0 amide bonds. The summed E-state index contributed by atoms with van der Waals surface area (Å²) in [5.41, 5.74) is 2.14. The molecule has 1 nitrogen and oxygen atoms in total. The van der Waals surface area contributed by atoms with Gasteiger partial charge in [0, 0.05) is 6.20 Å². The highest BCUT2D eigenvalue weighted by Gasteiger charge is 1.97. The Morgan fingerprint density at radius 1 is 1.60 bits per heavy atom. The maximum absolute atomic E-state index is 5.75. The molecule has 51 valence electrons. The third kappa shape index (κ3) is 1.51. The molecule has 0 aromatic carbocycles. The van der Waals surface area contributed by atoms with E-state index < -0.39 is 0 Å². The molecule has 0 unspecified atom stereocenters. The van der Waals surface area contributed by atoms with Crippen LogP contribution in [0.5, 0.6) is 0 Å². The summed E-state index contributed by atoms with van der Waals surface area (Å²) in [6, 6.07) is 2.01. The van der Waals surface area contributed by atoms with Gasteiger partial charge in [-0.05, 0) is 12.5 Å². The van der Waals surface area contributed by atoms with Crippen LogP contribution in [-0.4, -0.2) is 12.3 Å². The van der Waals surface area contributed by atoms with Crippen LogP contribution in [0.15, 0.2) is 12.3 Å². The summed E-state index contributed by atoms with van der Waals surface area (Å²) < 4.78 is 0. The molecule has 0 fully saturated rings. The van der Waals surface area contributed by atoms with Crippen molar-refractivity contribution in [1.82, 2.24) is 4.98 Å². The normalized spacial score (nSPS) is 9.50. The summed E-state index contributed by atoms with van der Waals surface area (Å²) in [5, 5.41) is 0.577. The van der Waals surface area contributed by atoms with Gasteiger partial charge in [-0.25, -0.2) is 4.98 Å². The highest BCUT2D eigenvalue weighted by Crippen LogP contribution is 2.00. The Morgan fingerprint density at radius 3 is 2.80 bits per heavy atom. The fourth-order valence-corrected chi connectivity index (χ4v) is 0.990. The number of aryl methyl sites for hydroxylation is 1. The molecule has 0 N–H and O–H groups in total. The van der Waals surface area contributed by atoms with Crippen molar-refractivity contribution in [2.24, 2.45) is 0 Å². The van der Waals surface area contributed by atoms with Crippen LogP contribution in [0.3, 0.4) is 0 Å². The second kappa shape index (κ2) is 3.06. The highest BCUT2D eigenvalue weighted by atomic mass is 35.5. The van der Waals surface area contributed by atoms with Gasteiger partial charge in [-0.1, -0.05) is 30.0 Å². The second-order valence-electron chi connectivity index (χ2n) is 2.18. The molecular weight excluding hydrogens is 144 g/mol. The lowest BCUT2D eigenvalue weighted by molar-refractivity contribution is 1.29.